The third-order valence-corrected chi connectivity index (χ3v) is 1.05. The van der Waals surface area contributed by atoms with Crippen LogP contribution in [0.25, 0.3) is 0 Å². The van der Waals surface area contributed by atoms with E-state index in [9.17, 15) is 4.39 Å². The van der Waals surface area contributed by atoms with Gasteiger partial charge in [0, 0.05) is 47.6 Å². The van der Waals surface area contributed by atoms with Gasteiger partial charge in [-0.2, -0.15) is 0 Å². The van der Waals surface area contributed by atoms with Crippen molar-refractivity contribution in [2.24, 2.45) is 5.73 Å². The van der Waals surface area contributed by atoms with Crippen molar-refractivity contribution in [3.05, 3.63) is 23.7 Å². The molecule has 1 nitrogen and oxygen atoms in total. The van der Waals surface area contributed by atoms with Gasteiger partial charge in [-0.1, -0.05) is 6.42 Å². The van der Waals surface area contributed by atoms with Crippen molar-refractivity contribution in [3.8, 4) is 0 Å². The van der Waals surface area contributed by atoms with Crippen molar-refractivity contribution in [3.63, 3.8) is 0 Å². The van der Waals surface area contributed by atoms with E-state index in [1.165, 1.54) is 6.08 Å². The van der Waals surface area contributed by atoms with E-state index in [4.69, 9.17) is 5.73 Å². The molecule has 0 bridgehead atoms. The van der Waals surface area contributed by atoms with Gasteiger partial charge in [0.2, 0.25) is 0 Å². The van der Waals surface area contributed by atoms with Crippen molar-refractivity contribution in [2.75, 3.05) is 0 Å². The maximum Gasteiger partial charge on any atom is 0.00953 e. The molecule has 0 saturated heterocycles. The van der Waals surface area contributed by atoms with Crippen LogP contribution in [0.5, 0.6) is 0 Å². The van der Waals surface area contributed by atoms with E-state index in [1.54, 1.807) is 0 Å². The molecule has 0 radical (unpaired) electrons. The van der Waals surface area contributed by atoms with Crippen LogP contribution in [-0.2, 0) is 0 Å². The van der Waals surface area contributed by atoms with Gasteiger partial charge in [0.25, 0.3) is 0 Å². The van der Waals surface area contributed by atoms with Crippen LogP contribution in [0.2, 0.25) is 0 Å². The van der Waals surface area contributed by atoms with Crippen molar-refractivity contribution in [1.82, 2.24) is 0 Å². The third-order valence-electron chi connectivity index (χ3n) is 1.05. The summed E-state index contributed by atoms with van der Waals surface area (Å²) in [6, 6.07) is 0. The summed E-state index contributed by atoms with van der Waals surface area (Å²) in [6.45, 7) is 0. The van der Waals surface area contributed by atoms with E-state index >= 15 is 0 Å². The molecule has 0 aromatic heterocycles. The minimum Gasteiger partial charge on any atom is -0.478 e. The topological polar surface area (TPSA) is 26.0 Å². The molecular weight excluding hydrogens is 245 g/mol. The smallest absolute Gasteiger partial charge is 0.00953 e. The quantitative estimate of drug-likeness (QED) is 0.646. The fraction of sp³-hybridized carbons (Fsp3) is 0.333. The second kappa shape index (κ2) is 4.41. The molecule has 0 fully saturated rings. The zero-order valence-corrected chi connectivity index (χ0v) is 8.09. The second-order valence-electron chi connectivity index (χ2n) is 1.77. The maximum atomic E-state index is 12.1. The Kier molecular flexibility index (Phi) is 4.70. The van der Waals surface area contributed by atoms with E-state index in [0.29, 0.717) is 18.5 Å². The zero-order valence-electron chi connectivity index (χ0n) is 4.95. The molecule has 2 N–H and O–H groups in total. The molecule has 0 atom stereocenters. The zero-order chi connectivity index (χ0) is 5.98. The van der Waals surface area contributed by atoms with E-state index in [0.717, 1.165) is 0 Å². The Morgan fingerprint density at radius 2 is 2.22 bits per heavy atom. The number of hydrogen-bond donors (Lipinski definition) is 1. The minimum atomic E-state index is -0.195. The fourth-order valence-electron chi connectivity index (χ4n) is 0.569. The molecule has 0 heterocycles. The van der Waals surface area contributed by atoms with E-state index in [2.05, 4.69) is 6.08 Å². The van der Waals surface area contributed by atoms with Gasteiger partial charge in [0.15, 0.2) is 0 Å². The number of nitrogens with two attached hydrogens (primary N) is 1. The molecule has 0 aliphatic heterocycles. The summed E-state index contributed by atoms with van der Waals surface area (Å²) >= 11 is 0. The summed E-state index contributed by atoms with van der Waals surface area (Å²) < 4.78 is 12.1. The van der Waals surface area contributed by atoms with Gasteiger partial charge >= 0.3 is 0 Å². The molecule has 9 heavy (non-hydrogen) atoms. The van der Waals surface area contributed by atoms with Crippen LogP contribution in [0.15, 0.2) is 17.6 Å². The van der Waals surface area contributed by atoms with Gasteiger partial charge in [-0.15, -0.1) is 5.70 Å². The SMILES string of the molecule is NC1=C[C-]=C(F)CC1.[Ce]. The third kappa shape index (κ3) is 3.32. The van der Waals surface area contributed by atoms with Gasteiger partial charge in [0.1, 0.15) is 0 Å². The number of allylic oxidation sites excluding steroid dienone is 4. The van der Waals surface area contributed by atoms with Gasteiger partial charge in [0.05, 0.1) is 0 Å². The first-order valence-corrected chi connectivity index (χ1v) is 2.51. The van der Waals surface area contributed by atoms with Crippen LogP contribution < -0.4 is 5.73 Å². The largest absolute Gasteiger partial charge is 0.478 e. The van der Waals surface area contributed by atoms with E-state index in [1.807, 2.05) is 0 Å². The molecule has 0 aromatic carbocycles. The predicted octanol–water partition coefficient (Wildman–Crippen LogP) is 1.28. The summed E-state index contributed by atoms with van der Waals surface area (Å²) in [7, 11) is 0. The van der Waals surface area contributed by atoms with Crippen LogP contribution in [-0.4, -0.2) is 0 Å². The summed E-state index contributed by atoms with van der Waals surface area (Å²) in [5, 5.41) is 0. The Morgan fingerprint density at radius 1 is 1.56 bits per heavy atom. The molecule has 0 amide bonds. The molecule has 48 valence electrons. The van der Waals surface area contributed by atoms with Gasteiger partial charge in [-0.3, -0.25) is 0 Å². The first-order valence-electron chi connectivity index (χ1n) is 2.51. The number of halogens is 1. The first-order chi connectivity index (χ1) is 3.79. The van der Waals surface area contributed by atoms with E-state index < -0.39 is 0 Å². The van der Waals surface area contributed by atoms with Crippen LogP contribution in [0.1, 0.15) is 12.8 Å². The Bertz CT molecular complexity index is 133. The van der Waals surface area contributed by atoms with Crippen molar-refractivity contribution in [1.29, 1.82) is 0 Å². The van der Waals surface area contributed by atoms with Crippen LogP contribution in [0.4, 0.5) is 4.39 Å². The van der Waals surface area contributed by atoms with Gasteiger partial charge in [-0.25, -0.2) is 16.5 Å². The van der Waals surface area contributed by atoms with Crippen molar-refractivity contribution < 1.29 is 46.1 Å². The Balaban J connectivity index is 0.000000640. The fourth-order valence-corrected chi connectivity index (χ4v) is 0.569. The van der Waals surface area contributed by atoms with Gasteiger partial charge < -0.3 is 5.73 Å². The molecule has 1 rings (SSSR count). The summed E-state index contributed by atoms with van der Waals surface area (Å²) in [5.41, 5.74) is 6.03. The molecule has 1 aliphatic rings. The molecular formula is C6H7CeFN-. The Labute approximate surface area is 87.6 Å². The monoisotopic (exact) mass is 252 g/mol. The average Bonchev–Trinajstić information content (AvgIpc) is 1.77. The molecule has 1 aliphatic carbocycles. The average molecular weight is 252 g/mol. The number of hydrogen-bond acceptors (Lipinski definition) is 1. The van der Waals surface area contributed by atoms with Crippen LogP contribution >= 0.6 is 0 Å². The van der Waals surface area contributed by atoms with Gasteiger partial charge in [-0.05, 0) is 6.42 Å². The maximum absolute atomic E-state index is 12.1. The predicted molar refractivity (Wildman–Crippen MR) is 29.4 cm³/mol. The minimum absolute atomic E-state index is 0. The van der Waals surface area contributed by atoms with Crippen LogP contribution in [0, 0.1) is 47.8 Å². The molecule has 3 heteroatoms. The van der Waals surface area contributed by atoms with Crippen molar-refractivity contribution in [2.45, 2.75) is 12.8 Å². The molecule has 0 aromatic rings. The number of rotatable bonds is 0. The standard InChI is InChI=1S/C6H7FN.Ce/c7-5-1-3-6(8)4-2-5;/h4H,1,3,8H2;/q-1;. The summed E-state index contributed by atoms with van der Waals surface area (Å²) in [4.78, 5) is 0. The Morgan fingerprint density at radius 3 is 2.56 bits per heavy atom. The first kappa shape index (κ1) is 9.59. The van der Waals surface area contributed by atoms with Crippen molar-refractivity contribution >= 4 is 0 Å². The summed E-state index contributed by atoms with van der Waals surface area (Å²) in [6.07, 6.45) is 4.94. The Hall–Kier alpha value is 0.587. The second-order valence-corrected chi connectivity index (χ2v) is 1.77. The molecule has 0 saturated carbocycles. The van der Waals surface area contributed by atoms with E-state index in [-0.39, 0.29) is 47.6 Å². The molecule has 0 spiro atoms. The normalized spacial score (nSPS) is 17.4. The summed E-state index contributed by atoms with van der Waals surface area (Å²) in [5.74, 6) is -0.195. The molecule has 0 unspecified atom stereocenters. The van der Waals surface area contributed by atoms with Crippen LogP contribution in [0.3, 0.4) is 0 Å².